The van der Waals surface area contributed by atoms with Gasteiger partial charge in [-0.3, -0.25) is 10.1 Å². The molecular formula is C15H20ClN3O4. The molecule has 1 aromatic carbocycles. The Hall–Kier alpha value is -2.28. The minimum atomic E-state index is -1.16. The first-order chi connectivity index (χ1) is 10.5. The molecule has 0 aromatic heterocycles. The Bertz CT molecular complexity index is 626. The van der Waals surface area contributed by atoms with Crippen LogP contribution in [0, 0.1) is 0 Å². The van der Waals surface area contributed by atoms with Gasteiger partial charge in [0.05, 0.1) is 5.56 Å². The number of carbonyl (C=O) groups is 3. The molecule has 0 radical (unpaired) electrons. The second-order valence-corrected chi connectivity index (χ2v) is 6.41. The molecule has 0 fully saturated rings. The van der Waals surface area contributed by atoms with Crippen LogP contribution >= 0.6 is 11.6 Å². The van der Waals surface area contributed by atoms with Crippen LogP contribution in [0.1, 0.15) is 38.1 Å². The largest absolute Gasteiger partial charge is 0.449 e. The van der Waals surface area contributed by atoms with E-state index in [-0.39, 0.29) is 11.3 Å². The number of ether oxygens (including phenoxy) is 1. The second kappa shape index (κ2) is 7.32. The van der Waals surface area contributed by atoms with Crippen LogP contribution < -0.4 is 16.4 Å². The van der Waals surface area contributed by atoms with E-state index in [0.717, 1.165) is 0 Å². The summed E-state index contributed by atoms with van der Waals surface area (Å²) in [7, 11) is 0. The van der Waals surface area contributed by atoms with Gasteiger partial charge in [-0.05, 0) is 45.9 Å². The fraction of sp³-hybridized carbons (Fsp3) is 0.400. The van der Waals surface area contributed by atoms with Gasteiger partial charge in [-0.25, -0.2) is 9.59 Å². The van der Waals surface area contributed by atoms with E-state index in [2.05, 4.69) is 10.6 Å². The van der Waals surface area contributed by atoms with Crippen molar-refractivity contribution in [2.75, 3.05) is 5.73 Å². The van der Waals surface area contributed by atoms with E-state index in [4.69, 9.17) is 22.1 Å². The van der Waals surface area contributed by atoms with E-state index >= 15 is 0 Å². The van der Waals surface area contributed by atoms with Gasteiger partial charge in [0.1, 0.15) is 0 Å². The molecule has 4 N–H and O–H groups in total. The fourth-order valence-electron chi connectivity index (χ4n) is 1.58. The predicted octanol–water partition coefficient (Wildman–Crippen LogP) is 2.09. The lowest BCUT2D eigenvalue weighted by molar-refractivity contribution is -0.127. The monoisotopic (exact) mass is 341 g/mol. The first-order valence-corrected chi connectivity index (χ1v) is 7.26. The highest BCUT2D eigenvalue weighted by atomic mass is 35.5. The van der Waals surface area contributed by atoms with Crippen molar-refractivity contribution < 1.29 is 19.1 Å². The van der Waals surface area contributed by atoms with Gasteiger partial charge >= 0.3 is 12.0 Å². The summed E-state index contributed by atoms with van der Waals surface area (Å²) in [5.74, 6) is -1.52. The zero-order valence-electron chi connectivity index (χ0n) is 13.4. The molecule has 0 saturated heterocycles. The number of nitrogens with one attached hydrogen (secondary N) is 2. The maximum Gasteiger partial charge on any atom is 0.341 e. The SMILES string of the molecule is C[C@@H](OC(=O)c1ccc(Cl)cc1N)C(=O)NC(=O)NC(C)(C)C. The van der Waals surface area contributed by atoms with Crippen molar-refractivity contribution in [1.29, 1.82) is 0 Å². The van der Waals surface area contributed by atoms with Crippen LogP contribution in [0.2, 0.25) is 5.02 Å². The van der Waals surface area contributed by atoms with Crippen molar-refractivity contribution in [3.05, 3.63) is 28.8 Å². The predicted molar refractivity (Wildman–Crippen MR) is 87.2 cm³/mol. The number of hydrogen-bond donors (Lipinski definition) is 3. The summed E-state index contributed by atoms with van der Waals surface area (Å²) in [6, 6.07) is 3.61. The van der Waals surface area contributed by atoms with Crippen molar-refractivity contribution >= 4 is 35.2 Å². The molecule has 0 aliphatic rings. The number of esters is 1. The number of anilines is 1. The second-order valence-electron chi connectivity index (χ2n) is 5.97. The lowest BCUT2D eigenvalue weighted by atomic mass is 10.1. The Morgan fingerprint density at radius 2 is 1.87 bits per heavy atom. The summed E-state index contributed by atoms with van der Waals surface area (Å²) in [5.41, 5.74) is 5.41. The molecule has 3 amide bonds. The number of urea groups is 1. The molecule has 8 heteroatoms. The molecule has 1 rings (SSSR count). The molecule has 0 heterocycles. The average molecular weight is 342 g/mol. The molecule has 126 valence electrons. The smallest absolute Gasteiger partial charge is 0.341 e. The van der Waals surface area contributed by atoms with E-state index in [1.807, 2.05) is 0 Å². The zero-order valence-corrected chi connectivity index (χ0v) is 14.2. The number of benzene rings is 1. The number of rotatable bonds is 3. The van der Waals surface area contributed by atoms with Crippen LogP contribution in [0.5, 0.6) is 0 Å². The van der Waals surface area contributed by atoms with Gasteiger partial charge in [0.2, 0.25) is 0 Å². The van der Waals surface area contributed by atoms with E-state index < -0.39 is 29.6 Å². The third kappa shape index (κ3) is 6.15. The van der Waals surface area contributed by atoms with E-state index in [0.29, 0.717) is 5.02 Å². The Morgan fingerprint density at radius 1 is 1.26 bits per heavy atom. The lowest BCUT2D eigenvalue weighted by Crippen LogP contribution is -2.50. The molecule has 7 nitrogen and oxygen atoms in total. The van der Waals surface area contributed by atoms with Gasteiger partial charge in [-0.1, -0.05) is 11.6 Å². The van der Waals surface area contributed by atoms with Crippen molar-refractivity contribution in [1.82, 2.24) is 10.6 Å². The van der Waals surface area contributed by atoms with Crippen LogP contribution in [-0.2, 0) is 9.53 Å². The van der Waals surface area contributed by atoms with E-state index in [9.17, 15) is 14.4 Å². The van der Waals surface area contributed by atoms with Gasteiger partial charge in [0, 0.05) is 16.2 Å². The normalized spacial score (nSPS) is 12.2. The summed E-state index contributed by atoms with van der Waals surface area (Å²) >= 11 is 5.75. The number of nitrogen functional groups attached to an aromatic ring is 1. The van der Waals surface area contributed by atoms with E-state index in [1.54, 1.807) is 20.8 Å². The molecule has 1 aromatic rings. The number of hydrogen-bond acceptors (Lipinski definition) is 5. The van der Waals surface area contributed by atoms with Gasteiger partial charge < -0.3 is 15.8 Å². The first-order valence-electron chi connectivity index (χ1n) is 6.88. The van der Waals surface area contributed by atoms with Gasteiger partial charge in [-0.15, -0.1) is 0 Å². The Morgan fingerprint density at radius 3 is 2.39 bits per heavy atom. The Kier molecular flexibility index (Phi) is 5.98. The number of amides is 3. The molecule has 0 aliphatic heterocycles. The maximum atomic E-state index is 12.0. The summed E-state index contributed by atoms with van der Waals surface area (Å²) in [4.78, 5) is 35.4. The van der Waals surface area contributed by atoms with Gasteiger partial charge in [0.15, 0.2) is 6.10 Å². The zero-order chi connectivity index (χ0) is 17.8. The quantitative estimate of drug-likeness (QED) is 0.576. The lowest BCUT2D eigenvalue weighted by Gasteiger charge is -2.21. The standard InChI is InChI=1S/C15H20ClN3O4/c1-8(12(20)18-14(22)19-15(2,3)4)23-13(21)10-6-5-9(16)7-11(10)17/h5-8H,17H2,1-4H3,(H2,18,19,20,22)/t8-/m1/s1. The van der Waals surface area contributed by atoms with Gasteiger partial charge in [0.25, 0.3) is 5.91 Å². The highest BCUT2D eigenvalue weighted by molar-refractivity contribution is 6.31. The number of halogens is 1. The van der Waals surface area contributed by atoms with Crippen LogP contribution in [0.4, 0.5) is 10.5 Å². The minimum Gasteiger partial charge on any atom is -0.449 e. The molecule has 0 saturated carbocycles. The van der Waals surface area contributed by atoms with Crippen molar-refractivity contribution in [3.8, 4) is 0 Å². The summed E-state index contributed by atoms with van der Waals surface area (Å²) in [5, 5.41) is 5.04. The maximum absolute atomic E-state index is 12.0. The van der Waals surface area contributed by atoms with Crippen LogP contribution in [0.25, 0.3) is 0 Å². The summed E-state index contributed by atoms with van der Waals surface area (Å²) in [6.45, 7) is 6.65. The first kappa shape index (κ1) is 18.8. The molecule has 1 atom stereocenters. The molecule has 0 bridgehead atoms. The Labute approximate surface area is 139 Å². The molecule has 0 spiro atoms. The van der Waals surface area contributed by atoms with Crippen molar-refractivity contribution in [3.63, 3.8) is 0 Å². The Balaban J connectivity index is 2.64. The molecule has 0 aliphatic carbocycles. The van der Waals surface area contributed by atoms with Crippen LogP contribution in [0.3, 0.4) is 0 Å². The summed E-state index contributed by atoms with van der Waals surface area (Å²) < 4.78 is 5.00. The summed E-state index contributed by atoms with van der Waals surface area (Å²) in [6.07, 6.45) is -1.16. The fourth-order valence-corrected chi connectivity index (χ4v) is 1.76. The molecular weight excluding hydrogens is 322 g/mol. The number of nitrogens with two attached hydrogens (primary N) is 1. The third-order valence-electron chi connectivity index (χ3n) is 2.61. The third-order valence-corrected chi connectivity index (χ3v) is 2.85. The number of imide groups is 1. The highest BCUT2D eigenvalue weighted by Crippen LogP contribution is 2.19. The van der Waals surface area contributed by atoms with Crippen LogP contribution in [0.15, 0.2) is 18.2 Å². The van der Waals surface area contributed by atoms with E-state index in [1.165, 1.54) is 25.1 Å². The minimum absolute atomic E-state index is 0.0909. The van der Waals surface area contributed by atoms with Crippen molar-refractivity contribution in [2.45, 2.75) is 39.3 Å². The highest BCUT2D eigenvalue weighted by Gasteiger charge is 2.23. The topological polar surface area (TPSA) is 111 Å². The van der Waals surface area contributed by atoms with Gasteiger partial charge in [-0.2, -0.15) is 0 Å². The number of carbonyl (C=O) groups excluding carboxylic acids is 3. The molecule has 0 unspecified atom stereocenters. The molecule has 23 heavy (non-hydrogen) atoms. The van der Waals surface area contributed by atoms with Crippen LogP contribution in [-0.4, -0.2) is 29.6 Å². The van der Waals surface area contributed by atoms with Crippen molar-refractivity contribution in [2.24, 2.45) is 0 Å². The average Bonchev–Trinajstić information content (AvgIpc) is 2.35.